The van der Waals surface area contributed by atoms with Crippen LogP contribution in [0, 0.1) is 17.8 Å². The van der Waals surface area contributed by atoms with E-state index in [0.717, 1.165) is 6.42 Å². The van der Waals surface area contributed by atoms with Crippen molar-refractivity contribution < 1.29 is 29.0 Å². The molecular weight excluding hydrogens is 534 g/mol. The van der Waals surface area contributed by atoms with E-state index in [4.69, 9.17) is 9.47 Å². The second kappa shape index (κ2) is 12.6. The highest BCUT2D eigenvalue weighted by Crippen LogP contribution is 2.64. The van der Waals surface area contributed by atoms with E-state index >= 15 is 0 Å². The van der Waals surface area contributed by atoms with Gasteiger partial charge in [-0.2, -0.15) is 0 Å². The van der Waals surface area contributed by atoms with E-state index in [1.807, 2.05) is 27.7 Å². The predicted molar refractivity (Wildman–Crippen MR) is 162 cm³/mol. The maximum Gasteiger partial charge on any atom is 0.253 e. The zero-order valence-corrected chi connectivity index (χ0v) is 25.8. The molecule has 3 amide bonds. The Morgan fingerprint density at radius 3 is 2.38 bits per heavy atom. The average Bonchev–Trinajstić information content (AvgIpc) is 3.54. The number of ether oxygens (including phenoxy) is 2. The zero-order chi connectivity index (χ0) is 30.8. The minimum Gasteiger partial charge on any atom is -0.497 e. The van der Waals surface area contributed by atoms with Gasteiger partial charge in [0.05, 0.1) is 37.2 Å². The van der Waals surface area contributed by atoms with Crippen molar-refractivity contribution in [1.82, 2.24) is 9.80 Å². The van der Waals surface area contributed by atoms with Crippen LogP contribution in [0.3, 0.4) is 0 Å². The van der Waals surface area contributed by atoms with Gasteiger partial charge in [0.2, 0.25) is 11.8 Å². The molecule has 1 N–H and O–H groups in total. The van der Waals surface area contributed by atoms with Crippen LogP contribution in [0.4, 0.5) is 5.69 Å². The van der Waals surface area contributed by atoms with E-state index in [2.05, 4.69) is 13.2 Å². The van der Waals surface area contributed by atoms with E-state index < -0.39 is 35.1 Å². The maximum atomic E-state index is 14.8. The number of anilines is 1. The largest absolute Gasteiger partial charge is 0.497 e. The molecule has 3 fully saturated rings. The van der Waals surface area contributed by atoms with Gasteiger partial charge < -0.3 is 29.3 Å². The molecule has 1 aromatic carbocycles. The first kappa shape index (κ1) is 31.8. The lowest BCUT2D eigenvalue weighted by atomic mass is 9.66. The Hall–Kier alpha value is -3.17. The Morgan fingerprint density at radius 1 is 1.17 bits per heavy atom. The fourth-order valence-corrected chi connectivity index (χ4v) is 7.51. The van der Waals surface area contributed by atoms with Crippen molar-refractivity contribution in [2.24, 2.45) is 17.8 Å². The first-order valence-electron chi connectivity index (χ1n) is 15.1. The number of benzene rings is 1. The minimum atomic E-state index is -1.19. The van der Waals surface area contributed by atoms with Crippen molar-refractivity contribution in [1.29, 1.82) is 0 Å². The topological polar surface area (TPSA) is 99.6 Å². The molecule has 9 heteroatoms. The van der Waals surface area contributed by atoms with Crippen molar-refractivity contribution >= 4 is 23.4 Å². The van der Waals surface area contributed by atoms with Crippen molar-refractivity contribution in [2.45, 2.75) is 76.7 Å². The third-order valence-corrected chi connectivity index (χ3v) is 9.18. The normalized spacial score (nSPS) is 28.5. The highest BCUT2D eigenvalue weighted by Gasteiger charge is 2.78. The number of fused-ring (bicyclic) bond motifs is 1. The van der Waals surface area contributed by atoms with Gasteiger partial charge in [0, 0.05) is 25.3 Å². The molecular formula is C33H47N3O6. The predicted octanol–water partition coefficient (Wildman–Crippen LogP) is 3.81. The van der Waals surface area contributed by atoms with Crippen LogP contribution in [-0.2, 0) is 19.1 Å². The molecule has 0 saturated carbocycles. The van der Waals surface area contributed by atoms with Crippen LogP contribution in [-0.4, -0.2) is 89.3 Å². The lowest BCUT2D eigenvalue weighted by Gasteiger charge is -2.40. The van der Waals surface area contributed by atoms with Gasteiger partial charge in [-0.05, 0) is 62.8 Å². The summed E-state index contributed by atoms with van der Waals surface area (Å²) < 4.78 is 12.1. The number of amides is 3. The maximum absolute atomic E-state index is 14.8. The molecule has 42 heavy (non-hydrogen) atoms. The molecule has 2 bridgehead atoms. The van der Waals surface area contributed by atoms with Crippen LogP contribution < -0.4 is 9.64 Å². The summed E-state index contributed by atoms with van der Waals surface area (Å²) in [6.45, 7) is 16.5. The van der Waals surface area contributed by atoms with Crippen LogP contribution in [0.2, 0.25) is 0 Å². The fraction of sp³-hybridized carbons (Fsp3) is 0.606. The number of hydrogen-bond donors (Lipinski definition) is 1. The molecule has 4 rings (SSSR count). The first-order chi connectivity index (χ1) is 20.0. The van der Waals surface area contributed by atoms with Crippen LogP contribution in [0.15, 0.2) is 49.6 Å². The second-order valence-corrected chi connectivity index (χ2v) is 12.4. The SMILES string of the molecule is C=CCN(CCC)C(=O)[C@H]1[C@H]2C(=O)N([C@@H](CO)CC(C)C)C(C(=O)N(CC=C)c3ccc(OC)cc3)C23CC[C@]1(C)O3. The Balaban J connectivity index is 1.85. The Morgan fingerprint density at radius 2 is 1.83 bits per heavy atom. The second-order valence-electron chi connectivity index (χ2n) is 12.4. The fourth-order valence-electron chi connectivity index (χ4n) is 7.51. The Kier molecular flexibility index (Phi) is 9.52. The molecule has 1 spiro atoms. The molecule has 1 aromatic rings. The molecule has 3 aliphatic heterocycles. The number of hydrogen-bond acceptors (Lipinski definition) is 6. The standard InChI is InChI=1S/C33H47N3O6/c1-8-17-34(18-9-2)29(38)26-27-30(39)36(24(21-37)20-22(4)5)28(33(27)16-15-32(26,6)42-33)31(40)35(19-10-3)23-11-13-25(41-7)14-12-23/h8,10-14,22,24,26-28,37H,1,3,9,15-21H2,2,4-7H3/t24-,26-,27+,28?,32+,33?/m1/s1. The number of aliphatic hydroxyl groups excluding tert-OH is 1. The molecule has 2 unspecified atom stereocenters. The number of carbonyl (C=O) groups excluding carboxylic acids is 3. The number of rotatable bonds is 14. The summed E-state index contributed by atoms with van der Waals surface area (Å²) in [7, 11) is 1.58. The minimum absolute atomic E-state index is 0.144. The highest BCUT2D eigenvalue weighted by molar-refractivity contribution is 6.05. The third-order valence-electron chi connectivity index (χ3n) is 9.18. The van der Waals surface area contributed by atoms with E-state index in [9.17, 15) is 19.5 Å². The van der Waals surface area contributed by atoms with E-state index in [1.54, 1.807) is 58.2 Å². The average molecular weight is 582 g/mol. The highest BCUT2D eigenvalue weighted by atomic mass is 16.5. The quantitative estimate of drug-likeness (QED) is 0.336. The van der Waals surface area contributed by atoms with Gasteiger partial charge >= 0.3 is 0 Å². The van der Waals surface area contributed by atoms with Gasteiger partial charge in [-0.15, -0.1) is 13.2 Å². The van der Waals surface area contributed by atoms with Crippen molar-refractivity contribution in [3.63, 3.8) is 0 Å². The van der Waals surface area contributed by atoms with Crippen molar-refractivity contribution in [3.8, 4) is 5.75 Å². The number of nitrogens with zero attached hydrogens (tertiary/aromatic N) is 3. The van der Waals surface area contributed by atoms with Gasteiger partial charge in [0.25, 0.3) is 5.91 Å². The summed E-state index contributed by atoms with van der Waals surface area (Å²) in [6.07, 6.45) is 5.64. The lowest BCUT2D eigenvalue weighted by molar-refractivity contribution is -0.152. The molecule has 230 valence electrons. The molecule has 0 aliphatic carbocycles. The Labute approximate surface area is 250 Å². The monoisotopic (exact) mass is 581 g/mol. The number of methoxy groups -OCH3 is 1. The van der Waals surface area contributed by atoms with Gasteiger partial charge in [-0.3, -0.25) is 14.4 Å². The van der Waals surface area contributed by atoms with Gasteiger partial charge in [0.15, 0.2) is 0 Å². The smallest absolute Gasteiger partial charge is 0.253 e. The van der Waals surface area contributed by atoms with Gasteiger partial charge in [-0.1, -0.05) is 32.9 Å². The molecule has 6 atom stereocenters. The summed E-state index contributed by atoms with van der Waals surface area (Å²) in [5, 5.41) is 10.6. The summed E-state index contributed by atoms with van der Waals surface area (Å²) in [6, 6.07) is 5.55. The van der Waals surface area contributed by atoms with Gasteiger partial charge in [-0.25, -0.2) is 0 Å². The molecule has 3 heterocycles. The van der Waals surface area contributed by atoms with E-state index in [0.29, 0.717) is 43.8 Å². The van der Waals surface area contributed by atoms with Crippen LogP contribution in [0.5, 0.6) is 5.75 Å². The summed E-state index contributed by atoms with van der Waals surface area (Å²) >= 11 is 0. The lowest BCUT2D eigenvalue weighted by Crippen LogP contribution is -2.59. The van der Waals surface area contributed by atoms with Crippen molar-refractivity contribution in [2.75, 3.05) is 38.3 Å². The van der Waals surface area contributed by atoms with E-state index in [-0.39, 0.29) is 36.8 Å². The van der Waals surface area contributed by atoms with Crippen LogP contribution in [0.1, 0.15) is 53.4 Å². The summed E-state index contributed by atoms with van der Waals surface area (Å²) in [5.74, 6) is -1.50. The molecule has 0 aromatic heterocycles. The van der Waals surface area contributed by atoms with E-state index in [1.165, 1.54) is 0 Å². The zero-order valence-electron chi connectivity index (χ0n) is 25.8. The van der Waals surface area contributed by atoms with Crippen molar-refractivity contribution in [3.05, 3.63) is 49.6 Å². The number of carbonyl (C=O) groups is 3. The molecule has 3 saturated heterocycles. The molecule has 0 radical (unpaired) electrons. The molecule has 9 nitrogen and oxygen atoms in total. The summed E-state index contributed by atoms with van der Waals surface area (Å²) in [5.41, 5.74) is -1.44. The summed E-state index contributed by atoms with van der Waals surface area (Å²) in [4.78, 5) is 48.5. The number of likely N-dealkylation sites (tertiary alicyclic amines) is 1. The van der Waals surface area contributed by atoms with Crippen LogP contribution in [0.25, 0.3) is 0 Å². The van der Waals surface area contributed by atoms with Crippen LogP contribution >= 0.6 is 0 Å². The number of aliphatic hydroxyl groups is 1. The molecule has 3 aliphatic rings. The Bertz CT molecular complexity index is 1180. The third kappa shape index (κ3) is 5.26. The van der Waals surface area contributed by atoms with Gasteiger partial charge in [0.1, 0.15) is 17.4 Å². The first-order valence-corrected chi connectivity index (χ1v) is 15.1.